The minimum atomic E-state index is -4.96. The topological polar surface area (TPSA) is 75.3 Å². The molecule has 172 valence electrons. The molecule has 0 saturated heterocycles. The van der Waals surface area contributed by atoms with Crippen LogP contribution in [0.4, 0.5) is 13.2 Å². The number of Topliss-reactive ketones (excluding diaryl/α,β-unsaturated/α-hetero) is 1. The Balaban J connectivity index is 1.41. The van der Waals surface area contributed by atoms with Crippen LogP contribution in [-0.2, 0) is 6.54 Å². The lowest BCUT2D eigenvalue weighted by Crippen LogP contribution is -2.32. The quantitative estimate of drug-likeness (QED) is 0.432. The fourth-order valence-corrected chi connectivity index (χ4v) is 4.01. The zero-order valence-corrected chi connectivity index (χ0v) is 17.7. The number of halogens is 3. The van der Waals surface area contributed by atoms with E-state index in [4.69, 9.17) is 4.74 Å². The van der Waals surface area contributed by atoms with Gasteiger partial charge in [-0.25, -0.2) is 0 Å². The molecule has 4 aromatic rings. The van der Waals surface area contributed by atoms with Gasteiger partial charge >= 0.3 is 6.18 Å². The van der Waals surface area contributed by atoms with Gasteiger partial charge in [-0.3, -0.25) is 14.7 Å². The number of ether oxygens (including phenoxy) is 1. The molecule has 0 atom stereocenters. The third-order valence-electron chi connectivity index (χ3n) is 5.72. The Kier molecular flexibility index (Phi) is 5.31. The maximum absolute atomic E-state index is 13.1. The van der Waals surface area contributed by atoms with Gasteiger partial charge in [0.15, 0.2) is 0 Å². The van der Waals surface area contributed by atoms with Crippen molar-refractivity contribution in [3.05, 3.63) is 83.4 Å². The second-order valence-corrected chi connectivity index (χ2v) is 7.92. The summed E-state index contributed by atoms with van der Waals surface area (Å²) in [6.45, 7) is 0.832. The summed E-state index contributed by atoms with van der Waals surface area (Å²) in [4.78, 5) is 26.0. The van der Waals surface area contributed by atoms with Crippen LogP contribution in [0.1, 0.15) is 26.3 Å². The summed E-state index contributed by atoms with van der Waals surface area (Å²) < 4.78 is 43.8. The first-order chi connectivity index (χ1) is 16.3. The average Bonchev–Trinajstić information content (AvgIpc) is 3.15. The molecule has 0 radical (unpaired) electrons. The zero-order chi connectivity index (χ0) is 23.9. The molecule has 34 heavy (non-hydrogen) atoms. The summed E-state index contributed by atoms with van der Waals surface area (Å²) in [5.74, 6) is -1.65. The van der Waals surface area contributed by atoms with Crippen molar-refractivity contribution in [2.45, 2.75) is 12.7 Å². The number of alkyl halides is 3. The number of aromatic nitrogens is 2. The van der Waals surface area contributed by atoms with Gasteiger partial charge in [-0.1, -0.05) is 30.3 Å². The fraction of sp³-hybridized carbons (Fsp3) is 0.160. The zero-order valence-electron chi connectivity index (χ0n) is 17.7. The van der Waals surface area contributed by atoms with Gasteiger partial charge < -0.3 is 9.64 Å². The second-order valence-electron chi connectivity index (χ2n) is 7.92. The van der Waals surface area contributed by atoms with Crippen molar-refractivity contribution in [1.29, 1.82) is 0 Å². The number of fused-ring (bicyclic) bond motifs is 2. The van der Waals surface area contributed by atoms with Gasteiger partial charge in [-0.15, -0.1) is 0 Å². The summed E-state index contributed by atoms with van der Waals surface area (Å²) in [5.41, 5.74) is 3.03. The first kappa shape index (κ1) is 21.7. The Morgan fingerprint density at radius 2 is 1.71 bits per heavy atom. The molecule has 3 aromatic carbocycles. The number of carbonyl (C=O) groups excluding carboxylic acids is 2. The largest absolute Gasteiger partial charge is 0.491 e. The molecular formula is C25H18F3N3O3. The molecule has 1 aliphatic heterocycles. The lowest BCUT2D eigenvalue weighted by atomic mass is 10.0. The van der Waals surface area contributed by atoms with Crippen molar-refractivity contribution >= 4 is 22.6 Å². The van der Waals surface area contributed by atoms with Crippen molar-refractivity contribution in [3.8, 4) is 17.0 Å². The Morgan fingerprint density at radius 3 is 2.47 bits per heavy atom. The van der Waals surface area contributed by atoms with E-state index in [0.717, 1.165) is 39.9 Å². The van der Waals surface area contributed by atoms with Crippen molar-refractivity contribution in [3.63, 3.8) is 0 Å². The highest BCUT2D eigenvalue weighted by molar-refractivity contribution is 6.01. The van der Waals surface area contributed by atoms with Gasteiger partial charge in [0.25, 0.3) is 11.7 Å². The molecule has 0 fully saturated rings. The molecule has 0 unspecified atom stereocenters. The molecule has 9 heteroatoms. The van der Waals surface area contributed by atoms with E-state index in [2.05, 4.69) is 10.2 Å². The first-order valence-electron chi connectivity index (χ1n) is 10.5. The molecule has 6 nitrogen and oxygen atoms in total. The molecule has 0 aliphatic carbocycles. The monoisotopic (exact) mass is 465 g/mol. The van der Waals surface area contributed by atoms with Crippen LogP contribution in [0.5, 0.6) is 5.75 Å². The molecule has 0 bridgehead atoms. The normalized spacial score (nSPS) is 13.8. The fourth-order valence-electron chi connectivity index (χ4n) is 4.01. The van der Waals surface area contributed by atoms with Crippen LogP contribution in [-0.4, -0.2) is 46.1 Å². The predicted molar refractivity (Wildman–Crippen MR) is 119 cm³/mol. The van der Waals surface area contributed by atoms with Crippen LogP contribution >= 0.6 is 0 Å². The van der Waals surface area contributed by atoms with Crippen LogP contribution in [0.3, 0.4) is 0 Å². The SMILES string of the molecule is O=C(c1ccc(C(=O)C(F)(F)F)cc1)N1CCOc2ccc(-c3n[nH]c4ccccc34)cc2C1. The molecule has 1 N–H and O–H groups in total. The number of carbonyl (C=O) groups is 2. The number of amides is 1. The number of aromatic amines is 1. The Morgan fingerprint density at radius 1 is 0.971 bits per heavy atom. The van der Waals surface area contributed by atoms with Crippen LogP contribution in [0.15, 0.2) is 66.7 Å². The van der Waals surface area contributed by atoms with Gasteiger partial charge in [0, 0.05) is 34.2 Å². The molecule has 5 rings (SSSR count). The number of ketones is 1. The molecule has 1 amide bonds. The molecule has 0 saturated carbocycles. The van der Waals surface area contributed by atoms with Crippen molar-refractivity contribution < 1.29 is 27.5 Å². The molecule has 0 spiro atoms. The van der Waals surface area contributed by atoms with Crippen molar-refractivity contribution in [1.82, 2.24) is 15.1 Å². The van der Waals surface area contributed by atoms with E-state index >= 15 is 0 Å². The van der Waals surface area contributed by atoms with Gasteiger partial charge in [-0.2, -0.15) is 18.3 Å². The molecule has 1 aromatic heterocycles. The third kappa shape index (κ3) is 4.00. The lowest BCUT2D eigenvalue weighted by Gasteiger charge is -2.20. The lowest BCUT2D eigenvalue weighted by molar-refractivity contribution is -0.0885. The summed E-state index contributed by atoms with van der Waals surface area (Å²) >= 11 is 0. The molecular weight excluding hydrogens is 447 g/mol. The number of para-hydroxylation sites is 1. The van der Waals surface area contributed by atoms with E-state index in [1.54, 1.807) is 4.90 Å². The van der Waals surface area contributed by atoms with Crippen molar-refractivity contribution in [2.24, 2.45) is 0 Å². The number of benzene rings is 3. The second kappa shape index (κ2) is 8.33. The summed E-state index contributed by atoms with van der Waals surface area (Å²) in [6.07, 6.45) is -4.96. The van der Waals surface area contributed by atoms with Crippen LogP contribution < -0.4 is 4.74 Å². The molecule has 2 heterocycles. The highest BCUT2D eigenvalue weighted by Crippen LogP contribution is 2.32. The van der Waals surface area contributed by atoms with Crippen LogP contribution in [0.25, 0.3) is 22.2 Å². The van der Waals surface area contributed by atoms with E-state index in [-0.39, 0.29) is 24.6 Å². The maximum atomic E-state index is 13.1. The van der Waals surface area contributed by atoms with E-state index in [1.807, 2.05) is 42.5 Å². The van der Waals surface area contributed by atoms with Gasteiger partial charge in [0.1, 0.15) is 12.4 Å². The maximum Gasteiger partial charge on any atom is 0.454 e. The summed E-state index contributed by atoms with van der Waals surface area (Å²) in [7, 11) is 0. The summed E-state index contributed by atoms with van der Waals surface area (Å²) in [5, 5.41) is 8.41. The first-order valence-corrected chi connectivity index (χ1v) is 10.5. The highest BCUT2D eigenvalue weighted by atomic mass is 19.4. The highest BCUT2D eigenvalue weighted by Gasteiger charge is 2.39. The molecule has 1 aliphatic rings. The number of H-pyrrole nitrogens is 1. The van der Waals surface area contributed by atoms with Gasteiger partial charge in [-0.05, 0) is 36.4 Å². The smallest absolute Gasteiger partial charge is 0.454 e. The number of nitrogens with zero attached hydrogens (tertiary/aromatic N) is 2. The minimum absolute atomic E-state index is 0.191. The number of nitrogens with one attached hydrogen (secondary N) is 1. The third-order valence-corrected chi connectivity index (χ3v) is 5.72. The van der Waals surface area contributed by atoms with E-state index in [9.17, 15) is 22.8 Å². The summed E-state index contributed by atoms with van der Waals surface area (Å²) in [6, 6.07) is 18.0. The van der Waals surface area contributed by atoms with E-state index in [1.165, 1.54) is 12.1 Å². The van der Waals surface area contributed by atoms with Gasteiger partial charge in [0.05, 0.1) is 17.8 Å². The van der Waals surface area contributed by atoms with Crippen LogP contribution in [0.2, 0.25) is 0 Å². The Bertz CT molecular complexity index is 1390. The Labute approximate surface area is 192 Å². The average molecular weight is 465 g/mol. The standard InChI is InChI=1S/C25H18F3N3O3/c26-25(27,28)23(32)15-5-7-16(8-6-15)24(33)31-11-12-34-21-10-9-17(13-18(21)14-31)22-19-3-1-2-4-20(19)29-30-22/h1-10,13H,11-12,14H2,(H,29,30). The number of hydrogen-bond acceptors (Lipinski definition) is 4. The van der Waals surface area contributed by atoms with Gasteiger partial charge in [0.2, 0.25) is 0 Å². The van der Waals surface area contributed by atoms with Crippen LogP contribution in [0, 0.1) is 0 Å². The predicted octanol–water partition coefficient (Wildman–Crippen LogP) is 5.01. The minimum Gasteiger partial charge on any atom is -0.491 e. The van der Waals surface area contributed by atoms with Crippen molar-refractivity contribution in [2.75, 3.05) is 13.2 Å². The van der Waals surface area contributed by atoms with E-state index in [0.29, 0.717) is 12.3 Å². The number of rotatable bonds is 3. The van der Waals surface area contributed by atoms with E-state index < -0.39 is 17.5 Å². The Hall–Kier alpha value is -4.14. The number of hydrogen-bond donors (Lipinski definition) is 1.